The predicted molar refractivity (Wildman–Crippen MR) is 77.0 cm³/mol. The van der Waals surface area contributed by atoms with Crippen LogP contribution in [0, 0.1) is 0 Å². The number of halogens is 2. The number of nitrogens with zero attached hydrogens (tertiary/aromatic N) is 2. The normalized spacial score (nSPS) is 12.2. The zero-order valence-electron chi connectivity index (χ0n) is 10.7. The molecule has 0 radical (unpaired) electrons. The minimum absolute atomic E-state index is 0.0599. The summed E-state index contributed by atoms with van der Waals surface area (Å²) in [6, 6.07) is 4.79. The average Bonchev–Trinajstić information content (AvgIpc) is 2.81. The average molecular weight is 314 g/mol. The van der Waals surface area contributed by atoms with E-state index < -0.39 is 6.10 Å². The lowest BCUT2D eigenvalue weighted by atomic mass is 10.1. The van der Waals surface area contributed by atoms with E-state index in [1.54, 1.807) is 31.4 Å². The zero-order chi connectivity index (χ0) is 14.7. The third-order valence-corrected chi connectivity index (χ3v) is 3.13. The van der Waals surface area contributed by atoms with Gasteiger partial charge in [-0.2, -0.15) is 5.10 Å². The zero-order valence-corrected chi connectivity index (χ0v) is 12.2. The SMILES string of the molecule is Cn1cc(C(=O)NCC(O)c2cc(Cl)cc(Cl)c2)cn1. The van der Waals surface area contributed by atoms with Crippen molar-refractivity contribution in [3.8, 4) is 0 Å². The van der Waals surface area contributed by atoms with Crippen LogP contribution in [0.2, 0.25) is 10.0 Å². The molecule has 0 saturated heterocycles. The summed E-state index contributed by atoms with van der Waals surface area (Å²) in [7, 11) is 1.72. The van der Waals surface area contributed by atoms with Crippen molar-refractivity contribution in [1.29, 1.82) is 0 Å². The molecule has 0 spiro atoms. The van der Waals surface area contributed by atoms with Crippen LogP contribution in [0.15, 0.2) is 30.6 Å². The second-order valence-electron chi connectivity index (χ2n) is 4.33. The van der Waals surface area contributed by atoms with E-state index in [9.17, 15) is 9.90 Å². The Hall–Kier alpha value is -1.56. The highest BCUT2D eigenvalue weighted by Crippen LogP contribution is 2.23. The van der Waals surface area contributed by atoms with E-state index in [0.717, 1.165) is 0 Å². The molecule has 0 aliphatic heterocycles. The first-order chi connectivity index (χ1) is 9.45. The number of carbonyl (C=O) groups is 1. The molecule has 0 bridgehead atoms. The predicted octanol–water partition coefficient (Wildman–Crippen LogP) is 2.19. The van der Waals surface area contributed by atoms with Crippen molar-refractivity contribution < 1.29 is 9.90 Å². The molecule has 5 nitrogen and oxygen atoms in total. The minimum atomic E-state index is -0.883. The largest absolute Gasteiger partial charge is 0.387 e. The van der Waals surface area contributed by atoms with Crippen molar-refractivity contribution in [2.75, 3.05) is 6.54 Å². The molecule has 7 heteroatoms. The van der Waals surface area contributed by atoms with Crippen molar-refractivity contribution in [2.24, 2.45) is 7.05 Å². The molecule has 1 aromatic heterocycles. The highest BCUT2D eigenvalue weighted by atomic mass is 35.5. The van der Waals surface area contributed by atoms with Gasteiger partial charge in [-0.05, 0) is 23.8 Å². The molecule has 1 aromatic carbocycles. The Balaban J connectivity index is 1.98. The van der Waals surface area contributed by atoms with Crippen LogP contribution >= 0.6 is 23.2 Å². The molecule has 0 aliphatic carbocycles. The molecule has 0 fully saturated rings. The second-order valence-corrected chi connectivity index (χ2v) is 5.20. The van der Waals surface area contributed by atoms with Crippen LogP contribution in [0.25, 0.3) is 0 Å². The van der Waals surface area contributed by atoms with Crippen LogP contribution in [0.5, 0.6) is 0 Å². The Morgan fingerprint density at radius 2 is 2.05 bits per heavy atom. The second kappa shape index (κ2) is 6.26. The van der Waals surface area contributed by atoms with Gasteiger partial charge < -0.3 is 10.4 Å². The van der Waals surface area contributed by atoms with Gasteiger partial charge in [-0.15, -0.1) is 0 Å². The Morgan fingerprint density at radius 1 is 1.40 bits per heavy atom. The summed E-state index contributed by atoms with van der Waals surface area (Å²) in [6.07, 6.45) is 2.17. The van der Waals surface area contributed by atoms with Crippen molar-refractivity contribution in [3.05, 3.63) is 51.8 Å². The molecule has 0 aliphatic rings. The van der Waals surface area contributed by atoms with Gasteiger partial charge in [0.05, 0.1) is 17.9 Å². The third-order valence-electron chi connectivity index (χ3n) is 2.69. The molecule has 1 heterocycles. The first-order valence-electron chi connectivity index (χ1n) is 5.86. The maximum Gasteiger partial charge on any atom is 0.254 e. The Morgan fingerprint density at radius 3 is 2.60 bits per heavy atom. The molecule has 2 rings (SSSR count). The molecule has 20 heavy (non-hydrogen) atoms. The quantitative estimate of drug-likeness (QED) is 0.909. The molecular formula is C13H13Cl2N3O2. The highest BCUT2D eigenvalue weighted by Gasteiger charge is 2.13. The number of carbonyl (C=O) groups excluding carboxylic acids is 1. The first kappa shape index (κ1) is 14.8. The van der Waals surface area contributed by atoms with Crippen molar-refractivity contribution >= 4 is 29.1 Å². The number of hydrogen-bond donors (Lipinski definition) is 2. The van der Waals surface area contributed by atoms with Crippen LogP contribution in [-0.4, -0.2) is 27.3 Å². The smallest absolute Gasteiger partial charge is 0.254 e. The fraction of sp³-hybridized carbons (Fsp3) is 0.231. The van der Waals surface area contributed by atoms with E-state index >= 15 is 0 Å². The monoisotopic (exact) mass is 313 g/mol. The van der Waals surface area contributed by atoms with Gasteiger partial charge in [0.1, 0.15) is 0 Å². The molecule has 1 atom stereocenters. The van der Waals surface area contributed by atoms with Crippen molar-refractivity contribution in [1.82, 2.24) is 15.1 Å². The number of aliphatic hydroxyl groups excluding tert-OH is 1. The number of benzene rings is 1. The van der Waals surface area contributed by atoms with E-state index in [4.69, 9.17) is 23.2 Å². The fourth-order valence-corrected chi connectivity index (χ4v) is 2.26. The number of nitrogens with one attached hydrogen (secondary N) is 1. The first-order valence-corrected chi connectivity index (χ1v) is 6.62. The van der Waals surface area contributed by atoms with E-state index in [2.05, 4.69) is 10.4 Å². The molecule has 106 valence electrons. The van der Waals surface area contributed by atoms with E-state index in [0.29, 0.717) is 21.2 Å². The molecule has 1 unspecified atom stereocenters. The Bertz CT molecular complexity index is 608. The highest BCUT2D eigenvalue weighted by molar-refractivity contribution is 6.34. The number of amides is 1. The van der Waals surface area contributed by atoms with Crippen molar-refractivity contribution in [3.63, 3.8) is 0 Å². The molecule has 0 saturated carbocycles. The standard InChI is InChI=1S/C13H13Cl2N3O2/c1-18-7-9(5-17-18)13(20)16-6-12(19)8-2-10(14)4-11(15)3-8/h2-5,7,12,19H,6H2,1H3,(H,16,20). The molecule has 1 amide bonds. The van der Waals surface area contributed by atoms with Crippen LogP contribution in [0.3, 0.4) is 0 Å². The van der Waals surface area contributed by atoms with Gasteiger partial charge in [0.25, 0.3) is 5.91 Å². The summed E-state index contributed by atoms with van der Waals surface area (Å²) in [5.74, 6) is -0.301. The van der Waals surface area contributed by atoms with Gasteiger partial charge in [0, 0.05) is 29.8 Å². The van der Waals surface area contributed by atoms with Gasteiger partial charge in [-0.1, -0.05) is 23.2 Å². The van der Waals surface area contributed by atoms with Crippen LogP contribution in [0.4, 0.5) is 0 Å². The number of hydrogen-bond acceptors (Lipinski definition) is 3. The minimum Gasteiger partial charge on any atom is -0.387 e. The number of aliphatic hydroxyl groups is 1. The van der Waals surface area contributed by atoms with Crippen LogP contribution < -0.4 is 5.32 Å². The summed E-state index contributed by atoms with van der Waals surface area (Å²) in [5, 5.41) is 17.4. The Kier molecular flexibility index (Phi) is 4.65. The summed E-state index contributed by atoms with van der Waals surface area (Å²) < 4.78 is 1.53. The molecule has 2 aromatic rings. The lowest BCUT2D eigenvalue weighted by molar-refractivity contribution is 0.0916. The number of rotatable bonds is 4. The summed E-state index contributed by atoms with van der Waals surface area (Å²) in [6.45, 7) is 0.0599. The van der Waals surface area contributed by atoms with Crippen LogP contribution in [-0.2, 0) is 7.05 Å². The molecule has 2 N–H and O–H groups in total. The summed E-state index contributed by atoms with van der Waals surface area (Å²) >= 11 is 11.7. The summed E-state index contributed by atoms with van der Waals surface area (Å²) in [5.41, 5.74) is 0.984. The van der Waals surface area contributed by atoms with Gasteiger partial charge in [0.15, 0.2) is 0 Å². The van der Waals surface area contributed by atoms with Gasteiger partial charge in [0.2, 0.25) is 0 Å². The maximum absolute atomic E-state index is 11.8. The number of aromatic nitrogens is 2. The lowest BCUT2D eigenvalue weighted by Crippen LogP contribution is -2.28. The topological polar surface area (TPSA) is 67.2 Å². The summed E-state index contributed by atoms with van der Waals surface area (Å²) in [4.78, 5) is 11.8. The van der Waals surface area contributed by atoms with Gasteiger partial charge >= 0.3 is 0 Å². The van der Waals surface area contributed by atoms with Gasteiger partial charge in [-0.25, -0.2) is 0 Å². The van der Waals surface area contributed by atoms with Crippen LogP contribution in [0.1, 0.15) is 22.0 Å². The van der Waals surface area contributed by atoms with Crippen molar-refractivity contribution in [2.45, 2.75) is 6.10 Å². The molecular weight excluding hydrogens is 301 g/mol. The number of aryl methyl sites for hydroxylation is 1. The Labute approximate surface area is 126 Å². The van der Waals surface area contributed by atoms with E-state index in [-0.39, 0.29) is 12.5 Å². The van der Waals surface area contributed by atoms with Gasteiger partial charge in [-0.3, -0.25) is 9.48 Å². The van der Waals surface area contributed by atoms with E-state index in [1.165, 1.54) is 10.9 Å². The maximum atomic E-state index is 11.8. The van der Waals surface area contributed by atoms with E-state index in [1.807, 2.05) is 0 Å². The third kappa shape index (κ3) is 3.72. The fourth-order valence-electron chi connectivity index (χ4n) is 1.72. The lowest BCUT2D eigenvalue weighted by Gasteiger charge is -2.12.